The second-order valence-electron chi connectivity index (χ2n) is 6.75. The van der Waals surface area contributed by atoms with Crippen molar-refractivity contribution in [3.8, 4) is 0 Å². The Kier molecular flexibility index (Phi) is 3.92. The molecule has 1 aliphatic carbocycles. The summed E-state index contributed by atoms with van der Waals surface area (Å²) < 4.78 is 1.62. The van der Waals surface area contributed by atoms with E-state index >= 15 is 0 Å². The van der Waals surface area contributed by atoms with Crippen molar-refractivity contribution >= 4 is 5.91 Å². The molecule has 126 valence electrons. The van der Waals surface area contributed by atoms with Crippen LogP contribution in [0.4, 0.5) is 0 Å². The van der Waals surface area contributed by atoms with Crippen molar-refractivity contribution in [2.45, 2.75) is 38.1 Å². The summed E-state index contributed by atoms with van der Waals surface area (Å²) >= 11 is 0. The van der Waals surface area contributed by atoms with Crippen LogP contribution in [0.1, 0.15) is 47.8 Å². The number of nitrogens with one attached hydrogen (secondary N) is 1. The smallest absolute Gasteiger partial charge is 0.271 e. The van der Waals surface area contributed by atoms with Crippen LogP contribution in [0.5, 0.6) is 0 Å². The average Bonchev–Trinajstić information content (AvgIpc) is 3.31. The minimum absolute atomic E-state index is 0.00280. The van der Waals surface area contributed by atoms with E-state index in [0.717, 1.165) is 18.5 Å². The van der Waals surface area contributed by atoms with Crippen LogP contribution in [-0.4, -0.2) is 43.6 Å². The summed E-state index contributed by atoms with van der Waals surface area (Å²) in [5, 5.41) is 4.53. The molecule has 0 radical (unpaired) electrons. The molecule has 0 atom stereocenters. The van der Waals surface area contributed by atoms with Gasteiger partial charge in [0.15, 0.2) is 0 Å². The second kappa shape index (κ2) is 6.22. The van der Waals surface area contributed by atoms with Crippen molar-refractivity contribution < 1.29 is 4.79 Å². The number of nitrogens with zero attached hydrogens (tertiary/aromatic N) is 4. The van der Waals surface area contributed by atoms with Gasteiger partial charge in [-0.1, -0.05) is 0 Å². The Morgan fingerprint density at radius 2 is 2.00 bits per heavy atom. The van der Waals surface area contributed by atoms with Crippen LogP contribution < -0.4 is 5.56 Å². The summed E-state index contributed by atoms with van der Waals surface area (Å²) in [6.07, 6.45) is 7.22. The van der Waals surface area contributed by atoms with E-state index in [-0.39, 0.29) is 11.5 Å². The third kappa shape index (κ3) is 3.11. The fraction of sp³-hybridized carbons (Fsp3) is 0.529. The molecule has 7 heteroatoms. The number of rotatable bonds is 4. The van der Waals surface area contributed by atoms with Gasteiger partial charge >= 0.3 is 0 Å². The number of H-pyrrole nitrogens is 1. The summed E-state index contributed by atoms with van der Waals surface area (Å²) in [6, 6.07) is 3.50. The molecule has 1 aliphatic heterocycles. The number of carbonyl (C=O) groups excluding carboxylic acids is 1. The number of hydrogen-bond donors (Lipinski definition) is 1. The van der Waals surface area contributed by atoms with Crippen LogP contribution in [0.3, 0.4) is 0 Å². The van der Waals surface area contributed by atoms with Crippen molar-refractivity contribution in [2.24, 2.45) is 5.92 Å². The van der Waals surface area contributed by atoms with Crippen LogP contribution in [-0.2, 0) is 6.54 Å². The SMILES string of the molecule is O=C(c1cnc[nH]1)N1CCC(Cn2nc(C3CC3)ccc2=O)CC1. The first-order valence-corrected chi connectivity index (χ1v) is 8.56. The van der Waals surface area contributed by atoms with Gasteiger partial charge in [-0.05, 0) is 37.7 Å². The molecule has 4 rings (SSSR count). The van der Waals surface area contributed by atoms with Crippen molar-refractivity contribution in [3.63, 3.8) is 0 Å². The van der Waals surface area contributed by atoms with Gasteiger partial charge < -0.3 is 9.88 Å². The molecule has 24 heavy (non-hydrogen) atoms. The van der Waals surface area contributed by atoms with Gasteiger partial charge in [0, 0.05) is 31.6 Å². The van der Waals surface area contributed by atoms with E-state index in [4.69, 9.17) is 0 Å². The monoisotopic (exact) mass is 327 g/mol. The summed E-state index contributed by atoms with van der Waals surface area (Å²) in [7, 11) is 0. The summed E-state index contributed by atoms with van der Waals surface area (Å²) in [6.45, 7) is 2.06. The minimum atomic E-state index is -0.0321. The maximum Gasteiger partial charge on any atom is 0.271 e. The van der Waals surface area contributed by atoms with Crippen molar-refractivity contribution in [1.29, 1.82) is 0 Å². The van der Waals surface area contributed by atoms with Gasteiger partial charge in [-0.15, -0.1) is 0 Å². The lowest BCUT2D eigenvalue weighted by molar-refractivity contribution is 0.0675. The molecule has 0 aromatic carbocycles. The highest BCUT2D eigenvalue weighted by molar-refractivity contribution is 5.92. The van der Waals surface area contributed by atoms with E-state index in [1.165, 1.54) is 19.2 Å². The highest BCUT2D eigenvalue weighted by Crippen LogP contribution is 2.38. The van der Waals surface area contributed by atoms with Gasteiger partial charge in [-0.2, -0.15) is 5.10 Å². The molecule has 2 aromatic heterocycles. The van der Waals surface area contributed by atoms with Gasteiger partial charge in [-0.3, -0.25) is 9.59 Å². The minimum Gasteiger partial charge on any atom is -0.341 e. The van der Waals surface area contributed by atoms with Crippen molar-refractivity contribution in [2.75, 3.05) is 13.1 Å². The first-order chi connectivity index (χ1) is 11.7. The van der Waals surface area contributed by atoms with Crippen molar-refractivity contribution in [1.82, 2.24) is 24.6 Å². The third-order valence-corrected chi connectivity index (χ3v) is 4.94. The van der Waals surface area contributed by atoms with E-state index in [0.29, 0.717) is 37.2 Å². The number of carbonyl (C=O) groups is 1. The number of imidazole rings is 1. The van der Waals surface area contributed by atoms with E-state index in [1.807, 2.05) is 11.0 Å². The lowest BCUT2D eigenvalue weighted by Crippen LogP contribution is -2.40. The lowest BCUT2D eigenvalue weighted by atomic mass is 9.96. The van der Waals surface area contributed by atoms with E-state index in [9.17, 15) is 9.59 Å². The van der Waals surface area contributed by atoms with Crippen LogP contribution in [0.2, 0.25) is 0 Å². The van der Waals surface area contributed by atoms with Crippen LogP contribution in [0.15, 0.2) is 29.5 Å². The van der Waals surface area contributed by atoms with Gasteiger partial charge in [0.2, 0.25) is 0 Å². The Morgan fingerprint density at radius 1 is 1.21 bits per heavy atom. The Balaban J connectivity index is 1.37. The quantitative estimate of drug-likeness (QED) is 0.920. The Bertz CT molecular complexity index is 771. The topological polar surface area (TPSA) is 83.9 Å². The summed E-state index contributed by atoms with van der Waals surface area (Å²) in [5.74, 6) is 0.929. The molecule has 0 unspecified atom stereocenters. The Labute approximate surface area is 139 Å². The maximum absolute atomic E-state index is 12.3. The predicted molar refractivity (Wildman–Crippen MR) is 87.7 cm³/mol. The van der Waals surface area contributed by atoms with E-state index < -0.39 is 0 Å². The number of aromatic nitrogens is 4. The molecule has 3 heterocycles. The molecule has 1 amide bonds. The normalized spacial score (nSPS) is 18.8. The highest BCUT2D eigenvalue weighted by Gasteiger charge is 2.27. The molecule has 7 nitrogen and oxygen atoms in total. The molecule has 1 saturated carbocycles. The molecule has 2 aliphatic rings. The summed E-state index contributed by atoms with van der Waals surface area (Å²) in [4.78, 5) is 32.9. The predicted octanol–water partition coefficient (Wildman–Crippen LogP) is 1.40. The molecule has 1 N–H and O–H groups in total. The maximum atomic E-state index is 12.3. The Hall–Kier alpha value is -2.44. The number of hydrogen-bond acceptors (Lipinski definition) is 4. The van der Waals surface area contributed by atoms with Crippen LogP contribution >= 0.6 is 0 Å². The molecule has 1 saturated heterocycles. The number of aromatic amines is 1. The molecule has 0 bridgehead atoms. The fourth-order valence-corrected chi connectivity index (χ4v) is 3.30. The molecule has 2 fully saturated rings. The highest BCUT2D eigenvalue weighted by atomic mass is 16.2. The number of likely N-dealkylation sites (tertiary alicyclic amines) is 1. The third-order valence-electron chi connectivity index (χ3n) is 4.94. The van der Waals surface area contributed by atoms with E-state index in [1.54, 1.807) is 16.9 Å². The first kappa shape index (κ1) is 15.1. The molecular weight excluding hydrogens is 306 g/mol. The largest absolute Gasteiger partial charge is 0.341 e. The van der Waals surface area contributed by atoms with Gasteiger partial charge in [0.1, 0.15) is 5.69 Å². The average molecular weight is 327 g/mol. The van der Waals surface area contributed by atoms with Crippen LogP contribution in [0.25, 0.3) is 0 Å². The second-order valence-corrected chi connectivity index (χ2v) is 6.75. The standard InChI is InChI=1S/C17H21N5O2/c23-16-4-3-14(13-1-2-13)20-22(16)10-12-5-7-21(8-6-12)17(24)15-9-18-11-19-15/h3-4,9,11-13H,1-2,5-8,10H2,(H,18,19). The van der Waals surface area contributed by atoms with Gasteiger partial charge in [-0.25, -0.2) is 9.67 Å². The number of piperidine rings is 1. The fourth-order valence-electron chi connectivity index (χ4n) is 3.30. The lowest BCUT2D eigenvalue weighted by Gasteiger charge is -2.31. The zero-order valence-corrected chi connectivity index (χ0v) is 13.5. The van der Waals surface area contributed by atoms with Crippen molar-refractivity contribution in [3.05, 3.63) is 46.4 Å². The van der Waals surface area contributed by atoms with Crippen LogP contribution in [0, 0.1) is 5.92 Å². The molecular formula is C17H21N5O2. The van der Waals surface area contributed by atoms with Gasteiger partial charge in [0.05, 0.1) is 18.2 Å². The molecule has 2 aromatic rings. The Morgan fingerprint density at radius 3 is 2.67 bits per heavy atom. The summed E-state index contributed by atoms with van der Waals surface area (Å²) in [5.41, 5.74) is 1.54. The number of amides is 1. The molecule has 0 spiro atoms. The zero-order valence-electron chi connectivity index (χ0n) is 13.5. The van der Waals surface area contributed by atoms with E-state index in [2.05, 4.69) is 15.1 Å². The zero-order chi connectivity index (χ0) is 16.5. The first-order valence-electron chi connectivity index (χ1n) is 8.56. The van der Waals surface area contributed by atoms with Gasteiger partial charge in [0.25, 0.3) is 11.5 Å².